The number of benzene rings is 1. The number of morpholine rings is 1. The van der Waals surface area contributed by atoms with Gasteiger partial charge in [-0.25, -0.2) is 4.79 Å². The predicted molar refractivity (Wildman–Crippen MR) is 80.0 cm³/mol. The molecule has 1 saturated carbocycles. The van der Waals surface area contributed by atoms with Gasteiger partial charge in [0.15, 0.2) is 0 Å². The lowest BCUT2D eigenvalue weighted by molar-refractivity contribution is -0.0588. The molecule has 0 spiro atoms. The number of carbonyl (C=O) groups is 1. The van der Waals surface area contributed by atoms with Gasteiger partial charge in [-0.05, 0) is 30.9 Å². The Morgan fingerprint density at radius 2 is 2.33 bits per heavy atom. The summed E-state index contributed by atoms with van der Waals surface area (Å²) < 4.78 is 10.7. The molecule has 0 radical (unpaired) electrons. The van der Waals surface area contributed by atoms with Gasteiger partial charge in [-0.15, -0.1) is 0 Å². The zero-order valence-corrected chi connectivity index (χ0v) is 12.4. The van der Waals surface area contributed by atoms with Gasteiger partial charge in [-0.2, -0.15) is 0 Å². The summed E-state index contributed by atoms with van der Waals surface area (Å²) in [6.07, 6.45) is 3.87. The summed E-state index contributed by atoms with van der Waals surface area (Å²) in [5.74, 6) is -0.362. The minimum absolute atomic E-state index is 0.349. The lowest BCUT2D eigenvalue weighted by Gasteiger charge is -2.38. The number of ether oxygens (including phenoxy) is 2. The van der Waals surface area contributed by atoms with E-state index >= 15 is 0 Å². The summed E-state index contributed by atoms with van der Waals surface area (Å²) >= 11 is 0. The molecule has 2 unspecified atom stereocenters. The van der Waals surface area contributed by atoms with Crippen LogP contribution in [0.25, 0.3) is 0 Å². The van der Waals surface area contributed by atoms with Gasteiger partial charge in [0.25, 0.3) is 0 Å². The molecule has 2 fully saturated rings. The highest BCUT2D eigenvalue weighted by molar-refractivity contribution is 5.96. The Morgan fingerprint density at radius 3 is 3.14 bits per heavy atom. The Labute approximate surface area is 125 Å². The number of nitrogens with zero attached hydrogens (tertiary/aromatic N) is 1. The van der Waals surface area contributed by atoms with Crippen molar-refractivity contribution in [1.29, 1.82) is 0 Å². The Kier molecular flexibility index (Phi) is 4.12. The molecule has 0 bridgehead atoms. The van der Waals surface area contributed by atoms with Gasteiger partial charge >= 0.3 is 5.97 Å². The first-order valence-electron chi connectivity index (χ1n) is 7.52. The van der Waals surface area contributed by atoms with Gasteiger partial charge in [0.2, 0.25) is 0 Å². The Bertz CT molecular complexity index is 532. The highest BCUT2D eigenvalue weighted by Crippen LogP contribution is 2.31. The van der Waals surface area contributed by atoms with Crippen LogP contribution in [0.1, 0.15) is 35.2 Å². The van der Waals surface area contributed by atoms with Crippen LogP contribution in [0.3, 0.4) is 0 Å². The van der Waals surface area contributed by atoms with E-state index in [0.717, 1.165) is 31.7 Å². The van der Waals surface area contributed by atoms with Crippen molar-refractivity contribution in [3.05, 3.63) is 29.3 Å². The molecule has 1 saturated heterocycles. The number of methoxy groups -OCH3 is 1. The lowest BCUT2D eigenvalue weighted by atomic mass is 10.0. The van der Waals surface area contributed by atoms with E-state index in [0.29, 0.717) is 23.4 Å². The van der Waals surface area contributed by atoms with Crippen molar-refractivity contribution in [1.82, 2.24) is 4.90 Å². The first-order chi connectivity index (χ1) is 10.2. The topological polar surface area (TPSA) is 64.8 Å². The van der Waals surface area contributed by atoms with E-state index in [1.54, 1.807) is 6.07 Å². The largest absolute Gasteiger partial charge is 0.465 e. The molecule has 1 aliphatic carbocycles. The summed E-state index contributed by atoms with van der Waals surface area (Å²) in [5, 5.41) is 0. The van der Waals surface area contributed by atoms with Crippen LogP contribution >= 0.6 is 0 Å². The van der Waals surface area contributed by atoms with Gasteiger partial charge < -0.3 is 15.2 Å². The second-order valence-electron chi connectivity index (χ2n) is 5.75. The average Bonchev–Trinajstić information content (AvgIpc) is 2.96. The molecule has 21 heavy (non-hydrogen) atoms. The highest BCUT2D eigenvalue weighted by atomic mass is 16.5. The van der Waals surface area contributed by atoms with Crippen molar-refractivity contribution >= 4 is 11.7 Å². The number of fused-ring (bicyclic) bond motifs is 1. The molecule has 2 atom stereocenters. The van der Waals surface area contributed by atoms with Crippen molar-refractivity contribution in [2.75, 3.05) is 26.0 Å². The number of hydrogen-bond acceptors (Lipinski definition) is 5. The molecule has 0 amide bonds. The number of esters is 1. The standard InChI is InChI=1S/C16H22N2O3/c1-20-16(19)15-11(4-2-5-12(15)17)10-18-8-9-21-14-7-3-6-13(14)18/h2,4-5,13-14H,3,6-10,17H2,1H3. The zero-order chi connectivity index (χ0) is 14.8. The fourth-order valence-corrected chi connectivity index (χ4v) is 3.52. The predicted octanol–water partition coefficient (Wildman–Crippen LogP) is 1.81. The number of rotatable bonds is 3. The minimum atomic E-state index is -0.362. The second kappa shape index (κ2) is 6.03. The molecule has 2 aliphatic rings. The van der Waals surface area contributed by atoms with Crippen LogP contribution in [0.5, 0.6) is 0 Å². The SMILES string of the molecule is COC(=O)c1c(N)cccc1CN1CCOC2CCCC21. The van der Waals surface area contributed by atoms with Crippen LogP contribution in [0.4, 0.5) is 5.69 Å². The van der Waals surface area contributed by atoms with Gasteiger partial charge in [0.1, 0.15) is 0 Å². The molecule has 5 nitrogen and oxygen atoms in total. The number of nitrogens with two attached hydrogens (primary N) is 1. The van der Waals surface area contributed by atoms with E-state index in [1.807, 2.05) is 12.1 Å². The Hall–Kier alpha value is -1.59. The Balaban J connectivity index is 1.84. The molecule has 3 rings (SSSR count). The summed E-state index contributed by atoms with van der Waals surface area (Å²) in [7, 11) is 1.39. The fraction of sp³-hybridized carbons (Fsp3) is 0.562. The van der Waals surface area contributed by atoms with Gasteiger partial charge in [-0.3, -0.25) is 4.90 Å². The van der Waals surface area contributed by atoms with Gasteiger partial charge in [0.05, 0.1) is 25.4 Å². The first kappa shape index (κ1) is 14.4. The zero-order valence-electron chi connectivity index (χ0n) is 12.4. The Morgan fingerprint density at radius 1 is 1.48 bits per heavy atom. The molecular formula is C16H22N2O3. The number of carbonyl (C=O) groups excluding carboxylic acids is 1. The molecule has 5 heteroatoms. The van der Waals surface area contributed by atoms with Crippen molar-refractivity contribution in [2.45, 2.75) is 38.0 Å². The average molecular weight is 290 g/mol. The van der Waals surface area contributed by atoms with Crippen LogP contribution in [0.2, 0.25) is 0 Å². The smallest absolute Gasteiger partial charge is 0.340 e. The molecule has 114 valence electrons. The third kappa shape index (κ3) is 2.76. The minimum Gasteiger partial charge on any atom is -0.465 e. The monoisotopic (exact) mass is 290 g/mol. The fourth-order valence-electron chi connectivity index (χ4n) is 3.52. The number of anilines is 1. The molecule has 1 aromatic rings. The van der Waals surface area contributed by atoms with E-state index in [-0.39, 0.29) is 5.97 Å². The van der Waals surface area contributed by atoms with E-state index in [9.17, 15) is 4.79 Å². The summed E-state index contributed by atoms with van der Waals surface area (Å²) in [5.41, 5.74) is 7.89. The van der Waals surface area contributed by atoms with Gasteiger partial charge in [0, 0.05) is 24.8 Å². The van der Waals surface area contributed by atoms with E-state index in [2.05, 4.69) is 4.90 Å². The second-order valence-corrected chi connectivity index (χ2v) is 5.75. The molecule has 1 aromatic carbocycles. The van der Waals surface area contributed by atoms with Crippen LogP contribution < -0.4 is 5.73 Å². The maximum atomic E-state index is 12.0. The lowest BCUT2D eigenvalue weighted by Crippen LogP contribution is -2.48. The van der Waals surface area contributed by atoms with Crippen LogP contribution in [0.15, 0.2) is 18.2 Å². The number of nitrogen functional groups attached to an aromatic ring is 1. The molecule has 0 aromatic heterocycles. The van der Waals surface area contributed by atoms with Crippen molar-refractivity contribution < 1.29 is 14.3 Å². The van der Waals surface area contributed by atoms with Crippen LogP contribution in [-0.4, -0.2) is 43.3 Å². The maximum Gasteiger partial charge on any atom is 0.340 e. The molecule has 1 heterocycles. The molecular weight excluding hydrogens is 268 g/mol. The van der Waals surface area contributed by atoms with Crippen molar-refractivity contribution in [3.63, 3.8) is 0 Å². The maximum absolute atomic E-state index is 12.0. The molecule has 2 N–H and O–H groups in total. The van der Waals surface area contributed by atoms with Crippen LogP contribution in [0, 0.1) is 0 Å². The normalized spacial score (nSPS) is 25.6. The first-order valence-corrected chi connectivity index (χ1v) is 7.52. The van der Waals surface area contributed by atoms with E-state index < -0.39 is 0 Å². The van der Waals surface area contributed by atoms with Crippen molar-refractivity contribution in [3.8, 4) is 0 Å². The van der Waals surface area contributed by atoms with E-state index in [1.165, 1.54) is 20.0 Å². The summed E-state index contributed by atoms with van der Waals surface area (Å²) in [6, 6.07) is 6.06. The molecule has 1 aliphatic heterocycles. The number of hydrogen-bond donors (Lipinski definition) is 1. The summed E-state index contributed by atoms with van der Waals surface area (Å²) in [4.78, 5) is 14.4. The van der Waals surface area contributed by atoms with E-state index in [4.69, 9.17) is 15.2 Å². The third-order valence-electron chi connectivity index (χ3n) is 4.54. The quantitative estimate of drug-likeness (QED) is 0.679. The van der Waals surface area contributed by atoms with Crippen molar-refractivity contribution in [2.24, 2.45) is 0 Å². The summed E-state index contributed by atoms with van der Waals surface area (Å²) in [6.45, 7) is 2.38. The van der Waals surface area contributed by atoms with Crippen LogP contribution in [-0.2, 0) is 16.0 Å². The van der Waals surface area contributed by atoms with Gasteiger partial charge in [-0.1, -0.05) is 12.1 Å². The third-order valence-corrected chi connectivity index (χ3v) is 4.54. The highest BCUT2D eigenvalue weighted by Gasteiger charge is 2.36.